The van der Waals surface area contributed by atoms with Crippen LogP contribution < -0.4 is 10.1 Å². The van der Waals surface area contributed by atoms with Crippen molar-refractivity contribution >= 4 is 28.0 Å². The number of alkyl halides is 5. The van der Waals surface area contributed by atoms with E-state index in [1.165, 1.54) is 24.3 Å². The van der Waals surface area contributed by atoms with Crippen molar-refractivity contribution in [2.75, 3.05) is 5.32 Å². The van der Waals surface area contributed by atoms with Crippen LogP contribution in [0.3, 0.4) is 0 Å². The second-order valence-electron chi connectivity index (χ2n) is 7.67. The van der Waals surface area contributed by atoms with Crippen LogP contribution in [0.5, 0.6) is 5.75 Å². The molecule has 0 spiro atoms. The van der Waals surface area contributed by atoms with E-state index in [1.54, 1.807) is 30.3 Å². The number of amides is 1. The van der Waals surface area contributed by atoms with E-state index in [4.69, 9.17) is 0 Å². The number of hydrogen-bond acceptors (Lipinski definition) is 4. The second kappa shape index (κ2) is 8.91. The molecule has 0 fully saturated rings. The molecule has 6 nitrogen and oxygen atoms in total. The maximum absolute atomic E-state index is 14.0. The van der Waals surface area contributed by atoms with E-state index >= 15 is 0 Å². The first kappa shape index (κ1) is 23.2. The highest BCUT2D eigenvalue weighted by Crippen LogP contribution is 2.35. The number of ether oxygens (including phenoxy) is 1. The summed E-state index contributed by atoms with van der Waals surface area (Å²) in [4.78, 5) is 17.4. The van der Waals surface area contributed by atoms with Gasteiger partial charge in [0.25, 0.3) is 5.91 Å². The van der Waals surface area contributed by atoms with E-state index in [0.717, 1.165) is 17.6 Å². The van der Waals surface area contributed by atoms with Crippen LogP contribution in [0.15, 0.2) is 79.0 Å². The number of rotatable bonds is 5. The molecule has 0 bridgehead atoms. The molecule has 1 amide bonds. The number of carbonyl (C=O) groups excluding carboxylic acids is 1. The quantitative estimate of drug-likeness (QED) is 0.284. The first-order valence-electron chi connectivity index (χ1n) is 10.5. The van der Waals surface area contributed by atoms with Gasteiger partial charge in [-0.1, -0.05) is 54.6 Å². The van der Waals surface area contributed by atoms with Crippen LogP contribution in [-0.4, -0.2) is 27.1 Å². The van der Waals surface area contributed by atoms with E-state index in [1.807, 2.05) is 12.1 Å². The van der Waals surface area contributed by atoms with E-state index in [0.29, 0.717) is 15.5 Å². The molecule has 2 heterocycles. The average Bonchev–Trinajstić information content (AvgIpc) is 3.27. The fourth-order valence-electron chi connectivity index (χ4n) is 3.87. The molecular formula is C25H15F5N4O2. The molecule has 0 saturated carbocycles. The highest BCUT2D eigenvalue weighted by molar-refractivity contribution is 6.09. The van der Waals surface area contributed by atoms with Gasteiger partial charge in [0, 0.05) is 5.56 Å². The summed E-state index contributed by atoms with van der Waals surface area (Å²) in [6, 6.07) is 18.6. The van der Waals surface area contributed by atoms with Crippen molar-refractivity contribution in [2.45, 2.75) is 12.8 Å². The van der Waals surface area contributed by atoms with E-state index in [2.05, 4.69) is 20.1 Å². The number of hydrogen-bond donors (Lipinski definition) is 1. The topological polar surface area (TPSA) is 68.5 Å². The Morgan fingerprint density at radius 3 is 2.47 bits per heavy atom. The number of nitrogens with one attached hydrogen (secondary N) is 1. The molecule has 0 unspecified atom stereocenters. The Labute approximate surface area is 200 Å². The normalized spacial score (nSPS) is 11.8. The van der Waals surface area contributed by atoms with Crippen LogP contribution in [0.1, 0.15) is 16.1 Å². The number of carbonyl (C=O) groups is 1. The molecule has 2 aromatic heterocycles. The zero-order valence-electron chi connectivity index (χ0n) is 18.1. The number of para-hydroxylation sites is 2. The molecule has 0 aliphatic carbocycles. The first-order chi connectivity index (χ1) is 17.2. The van der Waals surface area contributed by atoms with Crippen molar-refractivity contribution in [1.29, 1.82) is 0 Å². The lowest BCUT2D eigenvalue weighted by Gasteiger charge is -2.13. The molecule has 3 aromatic carbocycles. The van der Waals surface area contributed by atoms with Gasteiger partial charge in [0.1, 0.15) is 11.3 Å². The lowest BCUT2D eigenvalue weighted by molar-refractivity contribution is -0.142. The number of fused-ring (bicyclic) bond motifs is 2. The smallest absolute Gasteiger partial charge is 0.433 e. The van der Waals surface area contributed by atoms with Crippen molar-refractivity contribution in [2.24, 2.45) is 0 Å². The van der Waals surface area contributed by atoms with Gasteiger partial charge >= 0.3 is 12.8 Å². The summed E-state index contributed by atoms with van der Waals surface area (Å²) < 4.78 is 72.3. The first-order valence-corrected chi connectivity index (χ1v) is 10.5. The van der Waals surface area contributed by atoms with Gasteiger partial charge in [0.15, 0.2) is 11.3 Å². The molecule has 0 aliphatic heterocycles. The third kappa shape index (κ3) is 4.30. The molecule has 0 aliphatic rings. The molecule has 11 heteroatoms. The Morgan fingerprint density at radius 2 is 1.69 bits per heavy atom. The number of benzene rings is 3. The average molecular weight is 498 g/mol. The van der Waals surface area contributed by atoms with Crippen LogP contribution in [0.2, 0.25) is 0 Å². The highest BCUT2D eigenvalue weighted by atomic mass is 19.4. The number of nitrogens with zero attached hydrogens (tertiary/aromatic N) is 3. The van der Waals surface area contributed by atoms with Crippen molar-refractivity contribution in [3.8, 4) is 17.0 Å². The molecule has 5 rings (SSSR count). The Morgan fingerprint density at radius 1 is 0.972 bits per heavy atom. The maximum Gasteiger partial charge on any atom is 0.433 e. The molecule has 1 N–H and O–H groups in total. The summed E-state index contributed by atoms with van der Waals surface area (Å²) in [7, 11) is 0. The van der Waals surface area contributed by atoms with E-state index < -0.39 is 24.4 Å². The minimum Gasteiger partial charge on any atom is -0.433 e. The van der Waals surface area contributed by atoms with Crippen LogP contribution in [0, 0.1) is 0 Å². The predicted molar refractivity (Wildman–Crippen MR) is 122 cm³/mol. The van der Waals surface area contributed by atoms with Gasteiger partial charge in [-0.05, 0) is 29.0 Å². The largest absolute Gasteiger partial charge is 0.433 e. The highest BCUT2D eigenvalue weighted by Gasteiger charge is 2.36. The van der Waals surface area contributed by atoms with Crippen molar-refractivity contribution in [3.63, 3.8) is 0 Å². The van der Waals surface area contributed by atoms with Gasteiger partial charge in [-0.25, -0.2) is 9.50 Å². The standard InChI is InChI=1S/C25H15F5N4O2/c26-24(27)36-20-11-4-3-10-18(20)33-23(35)17-13-31-34-21(25(28,29)30)12-19(32-22(17)34)16-9-5-7-14-6-1-2-8-15(14)16/h1-13,24H,(H,33,35). The summed E-state index contributed by atoms with van der Waals surface area (Å²) in [5.74, 6) is -1.20. The molecule has 182 valence electrons. The third-order valence-corrected chi connectivity index (χ3v) is 5.42. The number of anilines is 1. The molecule has 0 saturated heterocycles. The molecular weight excluding hydrogens is 483 g/mol. The van der Waals surface area contributed by atoms with Crippen molar-refractivity contribution in [1.82, 2.24) is 14.6 Å². The van der Waals surface area contributed by atoms with Gasteiger partial charge in [-0.15, -0.1) is 0 Å². The van der Waals surface area contributed by atoms with Crippen molar-refractivity contribution in [3.05, 3.63) is 90.3 Å². The van der Waals surface area contributed by atoms with Gasteiger partial charge in [-0.3, -0.25) is 4.79 Å². The minimum absolute atomic E-state index is 0.0115. The summed E-state index contributed by atoms with van der Waals surface area (Å²) in [5, 5.41) is 7.60. The Kier molecular flexibility index (Phi) is 5.75. The molecule has 36 heavy (non-hydrogen) atoms. The fraction of sp³-hybridized carbons (Fsp3) is 0.0800. The van der Waals surface area contributed by atoms with Crippen LogP contribution >= 0.6 is 0 Å². The maximum atomic E-state index is 14.0. The Hall–Kier alpha value is -4.54. The van der Waals surface area contributed by atoms with Crippen LogP contribution in [0.4, 0.5) is 27.6 Å². The zero-order valence-corrected chi connectivity index (χ0v) is 18.1. The van der Waals surface area contributed by atoms with Gasteiger partial charge in [0.05, 0.1) is 17.6 Å². The number of aromatic nitrogens is 3. The molecule has 0 radical (unpaired) electrons. The van der Waals surface area contributed by atoms with Gasteiger partial charge < -0.3 is 10.1 Å². The van der Waals surface area contributed by atoms with Crippen LogP contribution in [0.25, 0.3) is 27.7 Å². The number of halogens is 5. The summed E-state index contributed by atoms with van der Waals surface area (Å²) in [6.45, 7) is -3.14. The second-order valence-corrected chi connectivity index (χ2v) is 7.67. The van der Waals surface area contributed by atoms with Crippen molar-refractivity contribution < 1.29 is 31.5 Å². The zero-order chi connectivity index (χ0) is 25.4. The van der Waals surface area contributed by atoms with Crippen LogP contribution in [-0.2, 0) is 6.18 Å². The van der Waals surface area contributed by atoms with E-state index in [9.17, 15) is 26.7 Å². The Balaban J connectivity index is 1.65. The summed E-state index contributed by atoms with van der Waals surface area (Å²) in [6.07, 6.45) is -3.87. The molecule has 0 atom stereocenters. The lowest BCUT2D eigenvalue weighted by atomic mass is 10.0. The monoisotopic (exact) mass is 498 g/mol. The SMILES string of the molecule is O=C(Nc1ccccc1OC(F)F)c1cnn2c(C(F)(F)F)cc(-c3cccc4ccccc34)nc12. The summed E-state index contributed by atoms with van der Waals surface area (Å²) in [5.41, 5.74) is -1.43. The predicted octanol–water partition coefficient (Wildman–Crippen LogP) is 6.42. The minimum atomic E-state index is -4.81. The molecule has 5 aromatic rings. The fourth-order valence-corrected chi connectivity index (χ4v) is 3.87. The lowest BCUT2D eigenvalue weighted by Crippen LogP contribution is -2.16. The van der Waals surface area contributed by atoms with Gasteiger partial charge in [0.2, 0.25) is 0 Å². The Bertz CT molecular complexity index is 1590. The third-order valence-electron chi connectivity index (χ3n) is 5.42. The summed E-state index contributed by atoms with van der Waals surface area (Å²) >= 11 is 0. The van der Waals surface area contributed by atoms with Gasteiger partial charge in [-0.2, -0.15) is 27.1 Å². The van der Waals surface area contributed by atoms with E-state index in [-0.39, 0.29) is 28.3 Å².